The van der Waals surface area contributed by atoms with Crippen LogP contribution in [0.3, 0.4) is 0 Å². The van der Waals surface area contributed by atoms with E-state index in [9.17, 15) is 4.79 Å². The van der Waals surface area contributed by atoms with Gasteiger partial charge in [0.2, 0.25) is 0 Å². The predicted molar refractivity (Wildman–Crippen MR) is 69.6 cm³/mol. The first-order chi connectivity index (χ1) is 8.13. The Morgan fingerprint density at radius 3 is 2.59 bits per heavy atom. The zero-order valence-electron chi connectivity index (χ0n) is 10.2. The van der Waals surface area contributed by atoms with Crippen molar-refractivity contribution >= 4 is 17.7 Å². The van der Waals surface area contributed by atoms with Crippen molar-refractivity contribution in [2.45, 2.75) is 30.4 Å². The molecule has 0 aliphatic carbocycles. The van der Waals surface area contributed by atoms with E-state index in [1.165, 1.54) is 17.3 Å². The van der Waals surface area contributed by atoms with Crippen LogP contribution in [0.4, 0.5) is 0 Å². The lowest BCUT2D eigenvalue weighted by Crippen LogP contribution is -2.18. The fraction of sp³-hybridized carbons (Fsp3) is 0.462. The predicted octanol–water partition coefficient (Wildman–Crippen LogP) is 2.97. The Morgan fingerprint density at radius 2 is 2.06 bits per heavy atom. The lowest BCUT2D eigenvalue weighted by Gasteiger charge is -2.12. The van der Waals surface area contributed by atoms with Crippen LogP contribution in [-0.2, 0) is 9.53 Å². The quantitative estimate of drug-likeness (QED) is 0.600. The van der Waals surface area contributed by atoms with Gasteiger partial charge in [-0.1, -0.05) is 17.7 Å². The van der Waals surface area contributed by atoms with Gasteiger partial charge in [-0.05, 0) is 32.4 Å². The second-order valence-electron chi connectivity index (χ2n) is 3.74. The highest BCUT2D eigenvalue weighted by Gasteiger charge is 2.18. The highest BCUT2D eigenvalue weighted by Crippen LogP contribution is 2.25. The van der Waals surface area contributed by atoms with E-state index in [4.69, 9.17) is 9.84 Å². The maximum Gasteiger partial charge on any atom is 0.317 e. The van der Waals surface area contributed by atoms with E-state index >= 15 is 0 Å². The molecule has 1 unspecified atom stereocenters. The van der Waals surface area contributed by atoms with Gasteiger partial charge in [-0.3, -0.25) is 4.79 Å². The van der Waals surface area contributed by atoms with Crippen molar-refractivity contribution in [3.63, 3.8) is 0 Å². The number of hydrogen-bond donors (Lipinski definition) is 1. The summed E-state index contributed by atoms with van der Waals surface area (Å²) in [7, 11) is 0. The average molecular weight is 254 g/mol. The van der Waals surface area contributed by atoms with Crippen molar-refractivity contribution in [2.75, 3.05) is 13.2 Å². The molecule has 3 nitrogen and oxygen atoms in total. The minimum absolute atomic E-state index is 0.441. The molecular weight excluding hydrogens is 236 g/mol. The van der Waals surface area contributed by atoms with Gasteiger partial charge in [-0.2, -0.15) is 0 Å². The minimum atomic E-state index is -0.782. The molecule has 0 aliphatic heterocycles. The van der Waals surface area contributed by atoms with Crippen LogP contribution in [0.5, 0.6) is 0 Å². The normalized spacial score (nSPS) is 12.4. The number of ether oxygens (including phenoxy) is 1. The third kappa shape index (κ3) is 5.24. The van der Waals surface area contributed by atoms with E-state index < -0.39 is 11.2 Å². The first-order valence-electron chi connectivity index (χ1n) is 5.67. The number of aryl methyl sites for hydroxylation is 1. The molecule has 0 spiro atoms. The monoisotopic (exact) mass is 254 g/mol. The molecule has 94 valence electrons. The molecule has 0 radical (unpaired) electrons. The van der Waals surface area contributed by atoms with Crippen molar-refractivity contribution in [1.29, 1.82) is 0 Å². The van der Waals surface area contributed by atoms with E-state index in [1.54, 1.807) is 0 Å². The van der Waals surface area contributed by atoms with Gasteiger partial charge in [0.1, 0.15) is 5.25 Å². The van der Waals surface area contributed by atoms with Crippen LogP contribution in [0.1, 0.15) is 18.9 Å². The molecule has 0 heterocycles. The van der Waals surface area contributed by atoms with Gasteiger partial charge in [0.25, 0.3) is 0 Å². The first kappa shape index (κ1) is 14.1. The third-order valence-electron chi connectivity index (χ3n) is 2.30. The molecule has 0 fully saturated rings. The van der Waals surface area contributed by atoms with Gasteiger partial charge in [0.15, 0.2) is 0 Å². The number of carboxylic acid groups (broad SMARTS) is 1. The number of thioether (sulfide) groups is 1. The van der Waals surface area contributed by atoms with Crippen LogP contribution in [-0.4, -0.2) is 29.5 Å². The first-order valence-corrected chi connectivity index (χ1v) is 6.55. The second-order valence-corrected chi connectivity index (χ2v) is 5.02. The van der Waals surface area contributed by atoms with Gasteiger partial charge in [0, 0.05) is 18.1 Å². The summed E-state index contributed by atoms with van der Waals surface area (Å²) in [4.78, 5) is 12.1. The zero-order chi connectivity index (χ0) is 12.7. The molecule has 0 aliphatic rings. The average Bonchev–Trinajstić information content (AvgIpc) is 2.30. The third-order valence-corrected chi connectivity index (χ3v) is 3.57. The molecule has 4 heteroatoms. The SMILES string of the molecule is CCOCCC(Sc1ccc(C)cc1)C(=O)O. The number of hydrogen-bond acceptors (Lipinski definition) is 3. The van der Waals surface area contributed by atoms with Crippen molar-refractivity contribution in [1.82, 2.24) is 0 Å². The van der Waals surface area contributed by atoms with Crippen LogP contribution in [0, 0.1) is 6.92 Å². The maximum absolute atomic E-state index is 11.1. The largest absolute Gasteiger partial charge is 0.480 e. The standard InChI is InChI=1S/C13H18O3S/c1-3-16-9-8-12(13(14)15)17-11-6-4-10(2)5-7-11/h4-7,12H,3,8-9H2,1-2H3,(H,14,15). The fourth-order valence-electron chi connectivity index (χ4n) is 1.35. The Kier molecular flexibility index (Phi) is 6.08. The smallest absolute Gasteiger partial charge is 0.317 e. The molecule has 17 heavy (non-hydrogen) atoms. The molecule has 0 aromatic heterocycles. The summed E-state index contributed by atoms with van der Waals surface area (Å²) in [6.45, 7) is 5.04. The van der Waals surface area contributed by atoms with Gasteiger partial charge in [0.05, 0.1) is 0 Å². The lowest BCUT2D eigenvalue weighted by atomic mass is 10.2. The molecule has 0 saturated heterocycles. The Labute approximate surface area is 106 Å². The highest BCUT2D eigenvalue weighted by molar-refractivity contribution is 8.00. The van der Waals surface area contributed by atoms with Crippen molar-refractivity contribution in [3.8, 4) is 0 Å². The molecule has 1 atom stereocenters. The summed E-state index contributed by atoms with van der Waals surface area (Å²) in [5.74, 6) is -0.782. The van der Waals surface area contributed by atoms with Crippen LogP contribution in [0.2, 0.25) is 0 Å². The van der Waals surface area contributed by atoms with E-state index in [0.29, 0.717) is 19.6 Å². The number of rotatable bonds is 7. The number of carbonyl (C=O) groups is 1. The Bertz CT molecular complexity index is 348. The van der Waals surface area contributed by atoms with E-state index in [-0.39, 0.29) is 0 Å². The molecule has 0 bridgehead atoms. The molecule has 0 amide bonds. The van der Waals surface area contributed by atoms with Crippen LogP contribution in [0.15, 0.2) is 29.2 Å². The molecule has 1 N–H and O–H groups in total. The van der Waals surface area contributed by atoms with E-state index in [0.717, 1.165) is 4.90 Å². The number of carboxylic acids is 1. The van der Waals surface area contributed by atoms with Crippen molar-refractivity contribution in [2.24, 2.45) is 0 Å². The summed E-state index contributed by atoms with van der Waals surface area (Å²) >= 11 is 1.38. The topological polar surface area (TPSA) is 46.5 Å². The van der Waals surface area contributed by atoms with Crippen LogP contribution < -0.4 is 0 Å². The van der Waals surface area contributed by atoms with Gasteiger partial charge in [-0.25, -0.2) is 0 Å². The summed E-state index contributed by atoms with van der Waals surface area (Å²) in [5.41, 5.74) is 1.18. The van der Waals surface area contributed by atoms with E-state index in [1.807, 2.05) is 38.1 Å². The van der Waals surface area contributed by atoms with E-state index in [2.05, 4.69) is 0 Å². The summed E-state index contributed by atoms with van der Waals surface area (Å²) in [6, 6.07) is 7.89. The van der Waals surface area contributed by atoms with Gasteiger partial charge in [-0.15, -0.1) is 11.8 Å². The zero-order valence-corrected chi connectivity index (χ0v) is 11.0. The number of aliphatic carboxylic acids is 1. The van der Waals surface area contributed by atoms with Crippen molar-refractivity contribution in [3.05, 3.63) is 29.8 Å². The van der Waals surface area contributed by atoms with Gasteiger partial charge < -0.3 is 9.84 Å². The molecular formula is C13H18O3S. The summed E-state index contributed by atoms with van der Waals surface area (Å²) < 4.78 is 5.19. The van der Waals surface area contributed by atoms with Gasteiger partial charge >= 0.3 is 5.97 Å². The summed E-state index contributed by atoms with van der Waals surface area (Å²) in [5, 5.41) is 8.67. The fourth-order valence-corrected chi connectivity index (χ4v) is 2.29. The Balaban J connectivity index is 2.54. The summed E-state index contributed by atoms with van der Waals surface area (Å²) in [6.07, 6.45) is 0.529. The highest BCUT2D eigenvalue weighted by atomic mass is 32.2. The molecule has 1 rings (SSSR count). The lowest BCUT2D eigenvalue weighted by molar-refractivity contribution is -0.136. The minimum Gasteiger partial charge on any atom is -0.480 e. The Morgan fingerprint density at radius 1 is 1.41 bits per heavy atom. The molecule has 1 aromatic carbocycles. The second kappa shape index (κ2) is 7.35. The Hall–Kier alpha value is -1.00. The van der Waals surface area contributed by atoms with Crippen LogP contribution >= 0.6 is 11.8 Å². The molecule has 0 saturated carbocycles. The number of benzene rings is 1. The maximum atomic E-state index is 11.1. The van der Waals surface area contributed by atoms with Crippen molar-refractivity contribution < 1.29 is 14.6 Å². The van der Waals surface area contributed by atoms with Crippen LogP contribution in [0.25, 0.3) is 0 Å². The molecule has 1 aromatic rings.